The zero-order valence-electron chi connectivity index (χ0n) is 11.5. The van der Waals surface area contributed by atoms with Gasteiger partial charge in [-0.1, -0.05) is 29.4 Å². The van der Waals surface area contributed by atoms with Crippen LogP contribution in [0.5, 0.6) is 5.75 Å². The van der Waals surface area contributed by atoms with Gasteiger partial charge in [0.1, 0.15) is 5.75 Å². The maximum absolute atomic E-state index is 5.89. The van der Waals surface area contributed by atoms with Crippen molar-refractivity contribution in [3.63, 3.8) is 0 Å². The fourth-order valence-corrected chi connectivity index (χ4v) is 2.48. The predicted octanol–water partition coefficient (Wildman–Crippen LogP) is 3.96. The van der Waals surface area contributed by atoms with Crippen molar-refractivity contribution in [2.75, 3.05) is 12.4 Å². The first-order valence-corrected chi connectivity index (χ1v) is 7.93. The molecule has 0 amide bonds. The van der Waals surface area contributed by atoms with Crippen molar-refractivity contribution in [2.24, 2.45) is 0 Å². The maximum Gasteiger partial charge on any atom is 0.276 e. The van der Waals surface area contributed by atoms with Crippen LogP contribution in [0.4, 0.5) is 0 Å². The number of aromatic nitrogens is 3. The van der Waals surface area contributed by atoms with Crippen molar-refractivity contribution < 1.29 is 9.15 Å². The molecule has 0 atom stereocenters. The van der Waals surface area contributed by atoms with Crippen molar-refractivity contribution in [1.82, 2.24) is 15.2 Å². The number of hydrogen-bond acceptors (Lipinski definition) is 6. The van der Waals surface area contributed by atoms with Crippen molar-refractivity contribution in [2.45, 2.75) is 5.22 Å². The lowest BCUT2D eigenvalue weighted by molar-refractivity contribution is 0.343. The Balaban J connectivity index is 1.49. The van der Waals surface area contributed by atoms with Crippen LogP contribution >= 0.6 is 23.4 Å². The number of halogens is 1. The van der Waals surface area contributed by atoms with Gasteiger partial charge in [0.15, 0.2) is 0 Å². The Morgan fingerprint density at radius 3 is 2.82 bits per heavy atom. The molecule has 3 rings (SSSR count). The van der Waals surface area contributed by atoms with Crippen LogP contribution in [0.15, 0.2) is 58.4 Å². The van der Waals surface area contributed by atoms with E-state index in [0.717, 1.165) is 11.3 Å². The molecule has 22 heavy (non-hydrogen) atoms. The quantitative estimate of drug-likeness (QED) is 0.502. The van der Waals surface area contributed by atoms with Gasteiger partial charge >= 0.3 is 0 Å². The summed E-state index contributed by atoms with van der Waals surface area (Å²) < 4.78 is 11.2. The highest BCUT2D eigenvalue weighted by molar-refractivity contribution is 7.99. The Kier molecular flexibility index (Phi) is 4.92. The molecule has 2 aromatic heterocycles. The van der Waals surface area contributed by atoms with E-state index in [0.29, 0.717) is 28.5 Å². The molecule has 0 aliphatic heterocycles. The highest BCUT2D eigenvalue weighted by atomic mass is 35.5. The standard InChI is InChI=1S/C15H12ClN3O2S/c16-12-2-1-3-13(10-12)20-8-9-22-15-19-18-14(21-15)11-4-6-17-7-5-11/h1-7,10H,8-9H2. The van der Waals surface area contributed by atoms with Gasteiger partial charge in [0, 0.05) is 28.7 Å². The number of benzene rings is 1. The molecule has 5 nitrogen and oxygen atoms in total. The number of nitrogens with zero attached hydrogens (tertiary/aromatic N) is 3. The van der Waals surface area contributed by atoms with Crippen molar-refractivity contribution >= 4 is 23.4 Å². The Bertz CT molecular complexity index is 736. The summed E-state index contributed by atoms with van der Waals surface area (Å²) in [4.78, 5) is 3.95. The smallest absolute Gasteiger partial charge is 0.276 e. The number of rotatable bonds is 6. The van der Waals surface area contributed by atoms with E-state index in [1.165, 1.54) is 11.8 Å². The minimum absolute atomic E-state index is 0.487. The minimum atomic E-state index is 0.487. The Labute approximate surface area is 136 Å². The van der Waals surface area contributed by atoms with Crippen LogP contribution in [0.2, 0.25) is 5.02 Å². The molecule has 0 fully saturated rings. The molecule has 112 valence electrons. The number of ether oxygens (including phenoxy) is 1. The third-order valence-corrected chi connectivity index (χ3v) is 3.73. The monoisotopic (exact) mass is 333 g/mol. The highest BCUT2D eigenvalue weighted by Crippen LogP contribution is 2.23. The first kappa shape index (κ1) is 14.9. The molecule has 0 radical (unpaired) electrons. The summed E-state index contributed by atoms with van der Waals surface area (Å²) in [6, 6.07) is 11.0. The van der Waals surface area contributed by atoms with Crippen LogP contribution in [-0.2, 0) is 0 Å². The zero-order chi connectivity index (χ0) is 15.2. The average molecular weight is 334 g/mol. The molecule has 0 unspecified atom stereocenters. The van der Waals surface area contributed by atoms with Gasteiger partial charge in [0.25, 0.3) is 5.22 Å². The third kappa shape index (κ3) is 3.99. The second-order valence-corrected chi connectivity index (χ2v) is 5.75. The van der Waals surface area contributed by atoms with Crippen LogP contribution in [0.1, 0.15) is 0 Å². The lowest BCUT2D eigenvalue weighted by Gasteiger charge is -2.04. The van der Waals surface area contributed by atoms with Crippen LogP contribution in [0.25, 0.3) is 11.5 Å². The SMILES string of the molecule is Clc1cccc(OCCSc2nnc(-c3ccncc3)o2)c1. The van der Waals surface area contributed by atoms with Gasteiger partial charge in [-0.05, 0) is 30.3 Å². The lowest BCUT2D eigenvalue weighted by atomic mass is 10.3. The maximum atomic E-state index is 5.89. The predicted molar refractivity (Wildman–Crippen MR) is 85.2 cm³/mol. The average Bonchev–Trinajstić information content (AvgIpc) is 3.01. The van der Waals surface area contributed by atoms with Crippen LogP contribution in [0, 0.1) is 0 Å². The summed E-state index contributed by atoms with van der Waals surface area (Å²) in [5, 5.41) is 9.18. The Morgan fingerprint density at radius 2 is 2.00 bits per heavy atom. The van der Waals surface area contributed by atoms with Crippen molar-refractivity contribution in [1.29, 1.82) is 0 Å². The van der Waals surface area contributed by atoms with E-state index >= 15 is 0 Å². The summed E-state index contributed by atoms with van der Waals surface area (Å²) in [5.41, 5.74) is 0.851. The molecular formula is C15H12ClN3O2S. The van der Waals surface area contributed by atoms with Crippen LogP contribution in [-0.4, -0.2) is 27.5 Å². The number of pyridine rings is 1. The molecule has 0 N–H and O–H groups in total. The third-order valence-electron chi connectivity index (χ3n) is 2.71. The van der Waals surface area contributed by atoms with Gasteiger partial charge in [0.2, 0.25) is 5.89 Å². The molecule has 0 aliphatic carbocycles. The molecule has 7 heteroatoms. The van der Waals surface area contributed by atoms with E-state index in [1.807, 2.05) is 30.3 Å². The lowest BCUT2D eigenvalue weighted by Crippen LogP contribution is -1.99. The summed E-state index contributed by atoms with van der Waals surface area (Å²) in [6.45, 7) is 0.526. The Morgan fingerprint density at radius 1 is 1.14 bits per heavy atom. The summed E-state index contributed by atoms with van der Waals surface area (Å²) >= 11 is 7.34. The van der Waals surface area contributed by atoms with Crippen molar-refractivity contribution in [3.05, 3.63) is 53.8 Å². The molecule has 0 saturated heterocycles. The molecule has 0 saturated carbocycles. The fourth-order valence-electron chi connectivity index (χ4n) is 1.72. The van der Waals surface area contributed by atoms with E-state index in [4.69, 9.17) is 20.8 Å². The highest BCUT2D eigenvalue weighted by Gasteiger charge is 2.08. The van der Waals surface area contributed by atoms with Gasteiger partial charge in [-0.3, -0.25) is 4.98 Å². The summed E-state index contributed by atoms with van der Waals surface area (Å²) in [6.07, 6.45) is 3.37. The van der Waals surface area contributed by atoms with Crippen LogP contribution < -0.4 is 4.74 Å². The van der Waals surface area contributed by atoms with Gasteiger partial charge in [-0.2, -0.15) is 0 Å². The topological polar surface area (TPSA) is 61.0 Å². The number of thioether (sulfide) groups is 1. The summed E-state index contributed by atoms with van der Waals surface area (Å²) in [7, 11) is 0. The van der Waals surface area contributed by atoms with Crippen molar-refractivity contribution in [3.8, 4) is 17.2 Å². The zero-order valence-corrected chi connectivity index (χ0v) is 13.0. The molecule has 0 bridgehead atoms. The Hall–Kier alpha value is -2.05. The second kappa shape index (κ2) is 7.29. The van der Waals surface area contributed by atoms with Crippen LogP contribution in [0.3, 0.4) is 0 Å². The molecule has 0 aliphatic rings. The fraction of sp³-hybridized carbons (Fsp3) is 0.133. The normalized spacial score (nSPS) is 10.6. The van der Waals surface area contributed by atoms with E-state index in [1.54, 1.807) is 18.5 Å². The first-order valence-electron chi connectivity index (χ1n) is 6.56. The van der Waals surface area contributed by atoms with Gasteiger partial charge in [-0.15, -0.1) is 10.2 Å². The van der Waals surface area contributed by atoms with Gasteiger partial charge in [0.05, 0.1) is 6.61 Å². The molecule has 1 aromatic carbocycles. The first-order chi connectivity index (χ1) is 10.8. The second-order valence-electron chi connectivity index (χ2n) is 4.26. The molecular weight excluding hydrogens is 322 g/mol. The molecule has 3 aromatic rings. The minimum Gasteiger partial charge on any atom is -0.493 e. The van der Waals surface area contributed by atoms with E-state index in [9.17, 15) is 0 Å². The van der Waals surface area contributed by atoms with E-state index in [2.05, 4.69) is 15.2 Å². The van der Waals surface area contributed by atoms with E-state index < -0.39 is 0 Å². The summed E-state index contributed by atoms with van der Waals surface area (Å²) in [5.74, 6) is 1.93. The molecule has 0 spiro atoms. The van der Waals surface area contributed by atoms with E-state index in [-0.39, 0.29) is 0 Å². The molecule has 2 heterocycles. The van der Waals surface area contributed by atoms with Gasteiger partial charge < -0.3 is 9.15 Å². The number of hydrogen-bond donors (Lipinski definition) is 0. The van der Waals surface area contributed by atoms with Gasteiger partial charge in [-0.25, -0.2) is 0 Å². The largest absolute Gasteiger partial charge is 0.493 e.